The van der Waals surface area contributed by atoms with E-state index in [-0.39, 0.29) is 21.0 Å². The lowest BCUT2D eigenvalue weighted by Crippen LogP contribution is -2.45. The minimum Gasteiger partial charge on any atom is -0.444 e. The van der Waals surface area contributed by atoms with Crippen molar-refractivity contribution in [1.82, 2.24) is 20.0 Å². The number of urea groups is 1. The molecule has 1 fully saturated rings. The van der Waals surface area contributed by atoms with Crippen molar-refractivity contribution in [2.24, 2.45) is 5.41 Å². The van der Waals surface area contributed by atoms with E-state index in [4.69, 9.17) is 16.3 Å². The van der Waals surface area contributed by atoms with Crippen LogP contribution in [0.25, 0.3) is 0 Å². The predicted octanol–water partition coefficient (Wildman–Crippen LogP) is 5.92. The second kappa shape index (κ2) is 13.4. The van der Waals surface area contributed by atoms with Crippen LogP contribution < -0.4 is 20.3 Å². The molecule has 2 aromatic carbocycles. The number of hydrogen-bond donors (Lipinski definition) is 3. The number of hydrogen-bond acceptors (Lipinski definition) is 9. The number of ether oxygens (including phenoxy) is 1. The third kappa shape index (κ3) is 9.22. The van der Waals surface area contributed by atoms with Crippen LogP contribution in [0.5, 0.6) is 0 Å². The molecular formula is C29H35ClN6O5S2. The van der Waals surface area contributed by atoms with Crippen LogP contribution in [-0.2, 0) is 14.8 Å². The number of amides is 3. The molecule has 0 unspecified atom stereocenters. The second-order valence-corrected chi connectivity index (χ2v) is 14.6. The Bertz CT molecular complexity index is 1540. The summed E-state index contributed by atoms with van der Waals surface area (Å²) in [6.07, 6.45) is 4.71. The highest BCUT2D eigenvalue weighted by Gasteiger charge is 2.32. The van der Waals surface area contributed by atoms with Gasteiger partial charge < -0.3 is 20.3 Å². The molecule has 0 atom stereocenters. The van der Waals surface area contributed by atoms with Crippen molar-refractivity contribution in [2.45, 2.75) is 61.0 Å². The van der Waals surface area contributed by atoms with E-state index in [1.54, 1.807) is 48.8 Å². The largest absolute Gasteiger partial charge is 0.444 e. The van der Waals surface area contributed by atoms with Crippen LogP contribution in [0.1, 0.15) is 40.5 Å². The van der Waals surface area contributed by atoms with Crippen molar-refractivity contribution in [2.75, 3.05) is 29.9 Å². The number of carbonyl (C=O) groups excluding carboxylic acids is 2. The van der Waals surface area contributed by atoms with E-state index in [9.17, 15) is 18.0 Å². The molecule has 14 heteroatoms. The van der Waals surface area contributed by atoms with Gasteiger partial charge in [-0.1, -0.05) is 54.6 Å². The lowest BCUT2D eigenvalue weighted by molar-refractivity contribution is 0.0495. The number of carbonyl (C=O) groups is 2. The molecule has 0 aliphatic carbocycles. The number of anilines is 2. The van der Waals surface area contributed by atoms with E-state index in [0.29, 0.717) is 16.5 Å². The molecule has 0 spiro atoms. The third-order valence-corrected chi connectivity index (χ3v) is 9.52. The molecule has 2 heterocycles. The summed E-state index contributed by atoms with van der Waals surface area (Å²) in [5.74, 6) is 0.754. The molecule has 1 aliphatic rings. The van der Waals surface area contributed by atoms with Gasteiger partial charge in [0.2, 0.25) is 0 Å². The highest BCUT2D eigenvalue weighted by atomic mass is 35.5. The molecule has 0 saturated carbocycles. The van der Waals surface area contributed by atoms with Gasteiger partial charge in [-0.2, -0.15) is 0 Å². The fourth-order valence-corrected chi connectivity index (χ4v) is 6.30. The summed E-state index contributed by atoms with van der Waals surface area (Å²) in [6, 6.07) is 11.7. The van der Waals surface area contributed by atoms with E-state index in [0.717, 1.165) is 31.7 Å². The van der Waals surface area contributed by atoms with Gasteiger partial charge in [-0.05, 0) is 63.3 Å². The molecule has 11 nitrogen and oxygen atoms in total. The Kier molecular flexibility index (Phi) is 10.1. The first kappa shape index (κ1) is 32.4. The summed E-state index contributed by atoms with van der Waals surface area (Å²) >= 11 is 7.81. The molecule has 3 amide bonds. The molecular weight excluding hydrogens is 612 g/mol. The lowest BCUT2D eigenvalue weighted by atomic mass is 9.80. The topological polar surface area (TPSA) is 143 Å². The Morgan fingerprint density at radius 1 is 1.05 bits per heavy atom. The first-order valence-electron chi connectivity index (χ1n) is 13.6. The predicted molar refractivity (Wildman–Crippen MR) is 167 cm³/mol. The number of sulfonamides is 1. The SMILES string of the molecule is CC1(CNC(=O)OC(C)(C)C)CCN(c2cnc(Sc3cccc(NC(=O)NS(=O)(=O)c4ccccc4)c3Cl)cn2)CC1. The van der Waals surface area contributed by atoms with Crippen LogP contribution in [0.3, 0.4) is 0 Å². The van der Waals surface area contributed by atoms with Gasteiger partial charge in [-0.3, -0.25) is 0 Å². The number of piperidine rings is 1. The van der Waals surface area contributed by atoms with Crippen LogP contribution in [0.15, 0.2) is 75.7 Å². The summed E-state index contributed by atoms with van der Waals surface area (Å²) < 4.78 is 32.2. The van der Waals surface area contributed by atoms with Gasteiger partial charge in [0, 0.05) is 24.5 Å². The van der Waals surface area contributed by atoms with Crippen molar-refractivity contribution in [3.63, 3.8) is 0 Å². The van der Waals surface area contributed by atoms with E-state index < -0.39 is 27.7 Å². The highest BCUT2D eigenvalue weighted by molar-refractivity contribution is 7.99. The zero-order chi connectivity index (χ0) is 31.3. The Hall–Kier alpha value is -3.55. The average molecular weight is 647 g/mol. The molecule has 1 aliphatic heterocycles. The van der Waals surface area contributed by atoms with Crippen LogP contribution in [0.4, 0.5) is 21.1 Å². The number of aromatic nitrogens is 2. The maximum absolute atomic E-state index is 12.4. The van der Waals surface area contributed by atoms with E-state index in [1.165, 1.54) is 23.9 Å². The average Bonchev–Trinajstić information content (AvgIpc) is 2.94. The van der Waals surface area contributed by atoms with Gasteiger partial charge in [-0.25, -0.2) is 32.7 Å². The van der Waals surface area contributed by atoms with Crippen molar-refractivity contribution >= 4 is 57.0 Å². The first-order valence-corrected chi connectivity index (χ1v) is 16.3. The molecule has 43 heavy (non-hydrogen) atoms. The van der Waals surface area contributed by atoms with E-state index in [1.807, 2.05) is 25.5 Å². The maximum Gasteiger partial charge on any atom is 0.407 e. The molecule has 230 valence electrons. The standard InChI is InChI=1S/C29H35ClN6O5S2/c1-28(2,3)41-27(38)33-19-29(4)13-15-36(16-14-29)23-17-32-24(18-31-23)42-22-12-8-11-21(25(22)30)34-26(37)35-43(39,40)20-9-6-5-7-10-20/h5-12,17-18H,13-16,19H2,1-4H3,(H,33,38)(H2,34,35,37). The van der Waals surface area contributed by atoms with E-state index in [2.05, 4.69) is 32.4 Å². The van der Waals surface area contributed by atoms with Gasteiger partial charge in [0.15, 0.2) is 0 Å². The highest BCUT2D eigenvalue weighted by Crippen LogP contribution is 2.37. The minimum atomic E-state index is -4.04. The van der Waals surface area contributed by atoms with Crippen molar-refractivity contribution in [3.05, 3.63) is 65.9 Å². The lowest BCUT2D eigenvalue weighted by Gasteiger charge is -2.40. The van der Waals surface area contributed by atoms with Gasteiger partial charge >= 0.3 is 12.1 Å². The Morgan fingerprint density at radius 2 is 1.74 bits per heavy atom. The second-order valence-electron chi connectivity index (χ2n) is 11.5. The number of nitrogens with one attached hydrogen (secondary N) is 3. The summed E-state index contributed by atoms with van der Waals surface area (Å²) in [6.45, 7) is 9.76. The van der Waals surface area contributed by atoms with Crippen LogP contribution in [0.2, 0.25) is 5.02 Å². The van der Waals surface area contributed by atoms with Crippen molar-refractivity contribution in [3.8, 4) is 0 Å². The minimum absolute atomic E-state index is 0.0312. The van der Waals surface area contributed by atoms with Gasteiger partial charge in [-0.15, -0.1) is 0 Å². The fourth-order valence-electron chi connectivity index (χ4n) is 4.30. The molecule has 4 rings (SSSR count). The van der Waals surface area contributed by atoms with E-state index >= 15 is 0 Å². The summed E-state index contributed by atoms with van der Waals surface area (Å²) in [5, 5.41) is 6.23. The van der Waals surface area contributed by atoms with Gasteiger partial charge in [0.25, 0.3) is 10.0 Å². The number of halogens is 1. The molecule has 1 saturated heterocycles. The maximum atomic E-state index is 12.4. The normalized spacial score (nSPS) is 15.0. The van der Waals surface area contributed by atoms with Gasteiger partial charge in [0.05, 0.1) is 28.0 Å². The van der Waals surface area contributed by atoms with Crippen LogP contribution >= 0.6 is 23.4 Å². The monoisotopic (exact) mass is 646 g/mol. The first-order chi connectivity index (χ1) is 20.2. The quantitative estimate of drug-likeness (QED) is 0.272. The molecule has 0 bridgehead atoms. The van der Waals surface area contributed by atoms with Gasteiger partial charge in [0.1, 0.15) is 16.4 Å². The fraction of sp³-hybridized carbons (Fsp3) is 0.379. The van der Waals surface area contributed by atoms with Crippen LogP contribution in [0, 0.1) is 5.41 Å². The molecule has 3 aromatic rings. The molecule has 1 aromatic heterocycles. The zero-order valence-electron chi connectivity index (χ0n) is 24.4. The smallest absolute Gasteiger partial charge is 0.407 e. The Labute approximate surface area is 261 Å². The summed E-state index contributed by atoms with van der Waals surface area (Å²) in [5.41, 5.74) is -0.336. The number of alkyl carbamates (subject to hydrolysis) is 1. The summed E-state index contributed by atoms with van der Waals surface area (Å²) in [7, 11) is -4.04. The van der Waals surface area contributed by atoms with Crippen molar-refractivity contribution < 1.29 is 22.7 Å². The molecule has 0 radical (unpaired) electrons. The Balaban J connectivity index is 1.31. The number of benzene rings is 2. The summed E-state index contributed by atoms with van der Waals surface area (Å²) in [4.78, 5) is 36.4. The molecule has 3 N–H and O–H groups in total. The van der Waals surface area contributed by atoms with Crippen LogP contribution in [-0.4, -0.2) is 55.7 Å². The Morgan fingerprint density at radius 3 is 2.37 bits per heavy atom. The number of rotatable bonds is 8. The van der Waals surface area contributed by atoms with Crippen molar-refractivity contribution in [1.29, 1.82) is 0 Å². The third-order valence-electron chi connectivity index (χ3n) is 6.67. The number of nitrogens with zero attached hydrogens (tertiary/aromatic N) is 3. The zero-order valence-corrected chi connectivity index (χ0v) is 26.8.